The van der Waals surface area contributed by atoms with Crippen molar-refractivity contribution in [3.63, 3.8) is 0 Å². The van der Waals surface area contributed by atoms with Gasteiger partial charge in [0, 0.05) is 35.1 Å². The van der Waals surface area contributed by atoms with Crippen LogP contribution in [0.2, 0.25) is 0 Å². The van der Waals surface area contributed by atoms with Crippen LogP contribution in [-0.2, 0) is 32.9 Å². The largest absolute Gasteiger partial charge is 0.492 e. The number of amides is 3. The van der Waals surface area contributed by atoms with Crippen LogP contribution >= 0.6 is 0 Å². The Balaban J connectivity index is 1.29. The van der Waals surface area contributed by atoms with Gasteiger partial charge < -0.3 is 14.4 Å². The smallest absolute Gasteiger partial charge is 0.255 e. The molecule has 0 radical (unpaired) electrons. The second-order valence-electron chi connectivity index (χ2n) is 9.01. The molecule has 3 heterocycles. The molecular weight excluding hydrogens is 408 g/mol. The third-order valence-corrected chi connectivity index (χ3v) is 6.76. The Bertz CT molecular complexity index is 1080. The predicted octanol–water partition coefficient (Wildman–Crippen LogP) is 2.70. The van der Waals surface area contributed by atoms with Gasteiger partial charge in [-0.15, -0.1) is 0 Å². The SMILES string of the molecule is CC1(CCOCc2ccccc2)COc2c1ccc1c2CN(C2CCC(=O)NC2=O)C1=O. The Morgan fingerprint density at radius 1 is 1.16 bits per heavy atom. The number of ether oxygens (including phenoxy) is 2. The fourth-order valence-corrected chi connectivity index (χ4v) is 4.83. The van der Waals surface area contributed by atoms with Crippen molar-refractivity contribution in [2.45, 2.75) is 50.8 Å². The molecule has 3 aliphatic rings. The van der Waals surface area contributed by atoms with Gasteiger partial charge in [0.15, 0.2) is 0 Å². The molecule has 0 aliphatic carbocycles. The molecule has 1 saturated heterocycles. The molecule has 0 saturated carbocycles. The summed E-state index contributed by atoms with van der Waals surface area (Å²) in [5, 5.41) is 2.34. The molecule has 32 heavy (non-hydrogen) atoms. The van der Waals surface area contributed by atoms with E-state index in [2.05, 4.69) is 12.2 Å². The topological polar surface area (TPSA) is 84.9 Å². The zero-order valence-corrected chi connectivity index (χ0v) is 18.1. The van der Waals surface area contributed by atoms with Crippen molar-refractivity contribution >= 4 is 17.7 Å². The second kappa shape index (κ2) is 8.06. The maximum absolute atomic E-state index is 13.0. The van der Waals surface area contributed by atoms with Crippen LogP contribution in [0.15, 0.2) is 42.5 Å². The molecular formula is C25H26N2O5. The molecule has 7 nitrogen and oxygen atoms in total. The molecule has 2 aromatic rings. The van der Waals surface area contributed by atoms with Crippen molar-refractivity contribution < 1.29 is 23.9 Å². The van der Waals surface area contributed by atoms with Gasteiger partial charge >= 0.3 is 0 Å². The molecule has 1 fully saturated rings. The molecule has 1 N–H and O–H groups in total. The van der Waals surface area contributed by atoms with E-state index in [-0.39, 0.29) is 23.7 Å². The second-order valence-corrected chi connectivity index (χ2v) is 9.01. The van der Waals surface area contributed by atoms with E-state index in [1.165, 1.54) is 0 Å². The highest BCUT2D eigenvalue weighted by atomic mass is 16.5. The number of carbonyl (C=O) groups excluding carboxylic acids is 3. The summed E-state index contributed by atoms with van der Waals surface area (Å²) in [5.74, 6) is -0.109. The van der Waals surface area contributed by atoms with Crippen LogP contribution in [0.5, 0.6) is 5.75 Å². The summed E-state index contributed by atoms with van der Waals surface area (Å²) in [6.45, 7) is 4.19. The van der Waals surface area contributed by atoms with E-state index in [4.69, 9.17) is 9.47 Å². The number of carbonyl (C=O) groups is 3. The van der Waals surface area contributed by atoms with Crippen LogP contribution in [0.1, 0.15) is 53.2 Å². The van der Waals surface area contributed by atoms with E-state index in [1.807, 2.05) is 42.5 Å². The Morgan fingerprint density at radius 2 is 1.97 bits per heavy atom. The van der Waals surface area contributed by atoms with Gasteiger partial charge in [-0.1, -0.05) is 43.3 Å². The quantitative estimate of drug-likeness (QED) is 0.558. The number of hydrogen-bond acceptors (Lipinski definition) is 5. The third kappa shape index (κ3) is 3.56. The first-order valence-electron chi connectivity index (χ1n) is 11.0. The van der Waals surface area contributed by atoms with Crippen molar-refractivity contribution in [3.8, 4) is 5.75 Å². The molecule has 5 rings (SSSR count). The van der Waals surface area contributed by atoms with Gasteiger partial charge in [0.1, 0.15) is 11.8 Å². The lowest BCUT2D eigenvalue weighted by molar-refractivity contribution is -0.136. The molecule has 0 spiro atoms. The normalized spacial score (nSPS) is 24.2. The molecule has 0 bridgehead atoms. The van der Waals surface area contributed by atoms with E-state index in [1.54, 1.807) is 4.90 Å². The molecule has 2 unspecified atom stereocenters. The first-order valence-corrected chi connectivity index (χ1v) is 11.0. The van der Waals surface area contributed by atoms with Crippen molar-refractivity contribution in [1.29, 1.82) is 0 Å². The fourth-order valence-electron chi connectivity index (χ4n) is 4.83. The zero-order valence-electron chi connectivity index (χ0n) is 18.1. The van der Waals surface area contributed by atoms with Gasteiger partial charge in [-0.25, -0.2) is 0 Å². The number of imide groups is 1. The number of piperidine rings is 1. The zero-order chi connectivity index (χ0) is 22.3. The molecule has 2 aromatic carbocycles. The predicted molar refractivity (Wildman–Crippen MR) is 116 cm³/mol. The lowest BCUT2D eigenvalue weighted by Gasteiger charge is -2.29. The first kappa shape index (κ1) is 20.7. The summed E-state index contributed by atoms with van der Waals surface area (Å²) >= 11 is 0. The summed E-state index contributed by atoms with van der Waals surface area (Å²) in [5.41, 5.74) is 3.44. The van der Waals surface area contributed by atoms with Crippen molar-refractivity contribution in [3.05, 3.63) is 64.7 Å². The first-order chi connectivity index (χ1) is 15.5. The third-order valence-electron chi connectivity index (χ3n) is 6.76. The Hall–Kier alpha value is -3.19. The minimum Gasteiger partial charge on any atom is -0.492 e. The Morgan fingerprint density at radius 3 is 2.75 bits per heavy atom. The highest BCUT2D eigenvalue weighted by Crippen LogP contribution is 2.46. The highest BCUT2D eigenvalue weighted by molar-refractivity contribution is 6.05. The van der Waals surface area contributed by atoms with Gasteiger partial charge in [0.05, 0.1) is 19.8 Å². The van der Waals surface area contributed by atoms with Crippen molar-refractivity contribution in [2.24, 2.45) is 0 Å². The summed E-state index contributed by atoms with van der Waals surface area (Å²) in [7, 11) is 0. The average Bonchev–Trinajstić information content (AvgIpc) is 3.30. The number of nitrogens with one attached hydrogen (secondary N) is 1. The van der Waals surface area contributed by atoms with Crippen LogP contribution in [0.25, 0.3) is 0 Å². The monoisotopic (exact) mass is 434 g/mol. The van der Waals surface area contributed by atoms with E-state index in [0.717, 1.165) is 28.9 Å². The molecule has 3 amide bonds. The summed E-state index contributed by atoms with van der Waals surface area (Å²) < 4.78 is 12.0. The highest BCUT2D eigenvalue weighted by Gasteiger charge is 2.44. The lowest BCUT2D eigenvalue weighted by Crippen LogP contribution is -2.52. The van der Waals surface area contributed by atoms with Gasteiger partial charge in [0.25, 0.3) is 5.91 Å². The van der Waals surface area contributed by atoms with Gasteiger partial charge in [-0.3, -0.25) is 19.7 Å². The summed E-state index contributed by atoms with van der Waals surface area (Å²) in [6.07, 6.45) is 1.40. The average molecular weight is 434 g/mol. The minimum atomic E-state index is -0.623. The van der Waals surface area contributed by atoms with E-state index < -0.39 is 11.9 Å². The summed E-state index contributed by atoms with van der Waals surface area (Å²) in [6, 6.07) is 13.3. The number of nitrogens with zero attached hydrogens (tertiary/aromatic N) is 1. The number of benzene rings is 2. The minimum absolute atomic E-state index is 0.180. The van der Waals surface area contributed by atoms with Crippen molar-refractivity contribution in [2.75, 3.05) is 13.2 Å². The van der Waals surface area contributed by atoms with Gasteiger partial charge in [-0.05, 0) is 24.5 Å². The Kier molecular flexibility index (Phi) is 5.21. The Labute approximate surface area is 186 Å². The standard InChI is InChI=1S/C25H26N2O5/c1-25(11-12-31-14-16-5-3-2-4-6-16)15-32-22-18-13-27(20-9-10-21(28)26-23(20)29)24(30)17(18)7-8-19(22)25/h2-8,20H,9-15H2,1H3,(H,26,28,29). The van der Waals surface area contributed by atoms with Crippen LogP contribution in [0, 0.1) is 0 Å². The maximum Gasteiger partial charge on any atom is 0.255 e. The number of rotatable bonds is 6. The van der Waals surface area contributed by atoms with E-state index in [9.17, 15) is 14.4 Å². The van der Waals surface area contributed by atoms with Gasteiger partial charge in [-0.2, -0.15) is 0 Å². The van der Waals surface area contributed by atoms with Gasteiger partial charge in [0.2, 0.25) is 11.8 Å². The van der Waals surface area contributed by atoms with Crippen molar-refractivity contribution in [1.82, 2.24) is 10.2 Å². The molecule has 3 aliphatic heterocycles. The maximum atomic E-state index is 13.0. The van der Waals surface area contributed by atoms with Crippen LogP contribution in [0.3, 0.4) is 0 Å². The lowest BCUT2D eigenvalue weighted by atomic mass is 9.81. The van der Waals surface area contributed by atoms with E-state index >= 15 is 0 Å². The molecule has 0 aromatic heterocycles. The fraction of sp³-hybridized carbons (Fsp3) is 0.400. The van der Waals surface area contributed by atoms with Crippen LogP contribution < -0.4 is 10.1 Å². The van der Waals surface area contributed by atoms with Crippen LogP contribution in [-0.4, -0.2) is 41.9 Å². The molecule has 166 valence electrons. The number of fused-ring (bicyclic) bond motifs is 3. The molecule has 7 heteroatoms. The molecule has 2 atom stereocenters. The van der Waals surface area contributed by atoms with E-state index in [0.29, 0.717) is 38.3 Å². The van der Waals surface area contributed by atoms with Crippen LogP contribution in [0.4, 0.5) is 0 Å². The number of hydrogen-bond donors (Lipinski definition) is 1. The summed E-state index contributed by atoms with van der Waals surface area (Å²) in [4.78, 5) is 38.4.